The van der Waals surface area contributed by atoms with E-state index >= 15 is 0 Å². The lowest BCUT2D eigenvalue weighted by molar-refractivity contribution is 0.102. The van der Waals surface area contributed by atoms with Gasteiger partial charge in [0.15, 0.2) is 5.65 Å². The van der Waals surface area contributed by atoms with Crippen molar-refractivity contribution in [1.82, 2.24) is 14.8 Å². The summed E-state index contributed by atoms with van der Waals surface area (Å²) in [6, 6.07) is 19.0. The van der Waals surface area contributed by atoms with Crippen LogP contribution in [-0.2, 0) is 0 Å². The zero-order chi connectivity index (χ0) is 21.1. The summed E-state index contributed by atoms with van der Waals surface area (Å²) in [5, 5.41) is 17.5. The van der Waals surface area contributed by atoms with Crippen molar-refractivity contribution in [2.45, 2.75) is 29.7 Å². The smallest absolute Gasteiger partial charge is 0.256 e. The van der Waals surface area contributed by atoms with Crippen molar-refractivity contribution in [3.05, 3.63) is 78.1 Å². The van der Waals surface area contributed by atoms with Gasteiger partial charge < -0.3 is 5.32 Å². The maximum absolute atomic E-state index is 13.0. The van der Waals surface area contributed by atoms with Crippen LogP contribution < -0.4 is 5.32 Å². The van der Waals surface area contributed by atoms with Crippen LogP contribution in [0.5, 0.6) is 0 Å². The fourth-order valence-corrected chi connectivity index (χ4v) is 4.12. The van der Waals surface area contributed by atoms with Gasteiger partial charge in [0.25, 0.3) is 5.91 Å². The number of hydrogen-bond donors (Lipinski definition) is 1. The number of benzene rings is 2. The number of amides is 1. The van der Waals surface area contributed by atoms with Crippen LogP contribution in [0.25, 0.3) is 11.0 Å². The quantitative estimate of drug-likeness (QED) is 0.481. The fourth-order valence-electron chi connectivity index (χ4n) is 3.09. The Morgan fingerprint density at radius 3 is 2.60 bits per heavy atom. The molecule has 30 heavy (non-hydrogen) atoms. The minimum Gasteiger partial charge on any atom is -0.321 e. The Bertz CT molecular complexity index is 1270. The number of carbonyl (C=O) groups excluding carboxylic acids is 1. The molecule has 7 heteroatoms. The third-order valence-electron chi connectivity index (χ3n) is 4.54. The van der Waals surface area contributed by atoms with Crippen LogP contribution in [0.2, 0.25) is 0 Å². The maximum Gasteiger partial charge on any atom is 0.256 e. The van der Waals surface area contributed by atoms with Crippen molar-refractivity contribution in [2.75, 3.05) is 5.32 Å². The lowest BCUT2D eigenvalue weighted by Crippen LogP contribution is -2.13. The predicted octanol–water partition coefficient (Wildman–Crippen LogP) is 5.29. The Labute approximate surface area is 178 Å². The van der Waals surface area contributed by atoms with Gasteiger partial charge in [-0.3, -0.25) is 4.79 Å². The Morgan fingerprint density at radius 2 is 1.83 bits per heavy atom. The lowest BCUT2D eigenvalue weighted by Gasteiger charge is -2.11. The molecule has 0 aliphatic carbocycles. The zero-order valence-corrected chi connectivity index (χ0v) is 17.4. The molecule has 2 aromatic heterocycles. The second-order valence-electron chi connectivity index (χ2n) is 6.98. The minimum atomic E-state index is -0.232. The summed E-state index contributed by atoms with van der Waals surface area (Å²) in [4.78, 5) is 19.0. The molecule has 1 amide bonds. The van der Waals surface area contributed by atoms with E-state index in [1.54, 1.807) is 24.5 Å². The van der Waals surface area contributed by atoms with E-state index in [4.69, 9.17) is 0 Å². The van der Waals surface area contributed by atoms with Gasteiger partial charge in [0.1, 0.15) is 6.07 Å². The van der Waals surface area contributed by atoms with Gasteiger partial charge in [-0.2, -0.15) is 10.4 Å². The molecule has 0 saturated heterocycles. The number of rotatable bonds is 5. The molecule has 2 aromatic carbocycles. The fraction of sp³-hybridized carbons (Fsp3) is 0.130. The molecule has 6 nitrogen and oxygen atoms in total. The molecule has 0 saturated carbocycles. The van der Waals surface area contributed by atoms with Crippen LogP contribution in [0.1, 0.15) is 35.8 Å². The van der Waals surface area contributed by atoms with Crippen molar-refractivity contribution < 1.29 is 4.79 Å². The average Bonchev–Trinajstić information content (AvgIpc) is 3.18. The van der Waals surface area contributed by atoms with Crippen LogP contribution in [0.4, 0.5) is 5.69 Å². The van der Waals surface area contributed by atoms with Gasteiger partial charge in [-0.25, -0.2) is 9.67 Å². The van der Waals surface area contributed by atoms with Crippen LogP contribution >= 0.6 is 11.8 Å². The van der Waals surface area contributed by atoms with E-state index in [0.717, 1.165) is 20.8 Å². The molecule has 0 spiro atoms. The van der Waals surface area contributed by atoms with Gasteiger partial charge in [-0.05, 0) is 44.2 Å². The van der Waals surface area contributed by atoms with E-state index in [1.807, 2.05) is 61.0 Å². The normalized spacial score (nSPS) is 10.9. The highest BCUT2D eigenvalue weighted by molar-refractivity contribution is 7.99. The third-order valence-corrected chi connectivity index (χ3v) is 5.69. The van der Waals surface area contributed by atoms with Gasteiger partial charge in [-0.15, -0.1) is 0 Å². The standard InChI is InChI=1S/C23H19N5OS/c1-15(2)28-22-17(13-26-28)11-18(14-25-22)27-23(29)19-8-4-6-10-21(19)30-20-9-5-3-7-16(20)12-24/h3-11,13-15H,1-2H3,(H,27,29). The van der Waals surface area contributed by atoms with Gasteiger partial charge in [0.2, 0.25) is 0 Å². The summed E-state index contributed by atoms with van der Waals surface area (Å²) in [6.45, 7) is 4.09. The summed E-state index contributed by atoms with van der Waals surface area (Å²) in [6.07, 6.45) is 3.39. The largest absolute Gasteiger partial charge is 0.321 e. The first-order valence-electron chi connectivity index (χ1n) is 9.47. The molecule has 0 atom stereocenters. The van der Waals surface area contributed by atoms with Crippen LogP contribution in [-0.4, -0.2) is 20.7 Å². The molecule has 0 radical (unpaired) electrons. The van der Waals surface area contributed by atoms with E-state index in [0.29, 0.717) is 16.8 Å². The number of carbonyl (C=O) groups is 1. The summed E-state index contributed by atoms with van der Waals surface area (Å²) in [5.41, 5.74) is 2.50. The van der Waals surface area contributed by atoms with Crippen molar-refractivity contribution in [3.8, 4) is 6.07 Å². The number of pyridine rings is 1. The number of fused-ring (bicyclic) bond motifs is 1. The molecular formula is C23H19N5OS. The van der Waals surface area contributed by atoms with Crippen molar-refractivity contribution in [3.63, 3.8) is 0 Å². The number of hydrogen-bond acceptors (Lipinski definition) is 5. The molecule has 0 aliphatic heterocycles. The van der Waals surface area contributed by atoms with E-state index < -0.39 is 0 Å². The highest BCUT2D eigenvalue weighted by Crippen LogP contribution is 2.33. The predicted molar refractivity (Wildman–Crippen MR) is 118 cm³/mol. The average molecular weight is 414 g/mol. The Balaban J connectivity index is 1.60. The third kappa shape index (κ3) is 3.91. The lowest BCUT2D eigenvalue weighted by atomic mass is 10.2. The van der Waals surface area contributed by atoms with Crippen LogP contribution in [0.3, 0.4) is 0 Å². The first-order chi connectivity index (χ1) is 14.6. The molecule has 0 unspecified atom stereocenters. The molecule has 2 heterocycles. The molecule has 0 fully saturated rings. The zero-order valence-electron chi connectivity index (χ0n) is 16.5. The Kier molecular flexibility index (Phi) is 5.50. The van der Waals surface area contributed by atoms with Crippen molar-refractivity contribution in [2.24, 2.45) is 0 Å². The Hall–Kier alpha value is -3.63. The molecule has 0 aliphatic rings. The van der Waals surface area contributed by atoms with Gasteiger partial charge >= 0.3 is 0 Å². The number of anilines is 1. The second kappa shape index (κ2) is 8.39. The maximum atomic E-state index is 13.0. The molecule has 1 N–H and O–H groups in total. The molecule has 4 aromatic rings. The second-order valence-corrected chi connectivity index (χ2v) is 8.06. The number of nitrogens with zero attached hydrogens (tertiary/aromatic N) is 4. The number of nitriles is 1. The first-order valence-corrected chi connectivity index (χ1v) is 10.3. The molecule has 148 valence electrons. The van der Waals surface area contributed by atoms with E-state index in [2.05, 4.69) is 21.5 Å². The topological polar surface area (TPSA) is 83.6 Å². The van der Waals surface area contributed by atoms with Gasteiger partial charge in [-0.1, -0.05) is 36.0 Å². The van der Waals surface area contributed by atoms with Crippen LogP contribution in [0.15, 0.2) is 76.8 Å². The number of nitrogens with one attached hydrogen (secondary N) is 1. The van der Waals surface area contributed by atoms with E-state index in [1.165, 1.54) is 11.8 Å². The van der Waals surface area contributed by atoms with Gasteiger partial charge in [0, 0.05) is 21.2 Å². The first kappa shape index (κ1) is 19.7. The van der Waals surface area contributed by atoms with Crippen LogP contribution in [0, 0.1) is 11.3 Å². The monoisotopic (exact) mass is 413 g/mol. The molecule has 0 bridgehead atoms. The SMILES string of the molecule is CC(C)n1ncc2cc(NC(=O)c3ccccc3Sc3ccccc3C#N)cnc21. The summed E-state index contributed by atoms with van der Waals surface area (Å²) >= 11 is 1.40. The number of aromatic nitrogens is 3. The highest BCUT2D eigenvalue weighted by atomic mass is 32.2. The van der Waals surface area contributed by atoms with E-state index in [-0.39, 0.29) is 11.9 Å². The van der Waals surface area contributed by atoms with Gasteiger partial charge in [0.05, 0.1) is 29.2 Å². The summed E-state index contributed by atoms with van der Waals surface area (Å²) < 4.78 is 1.85. The molecule has 4 rings (SSSR count). The highest BCUT2D eigenvalue weighted by Gasteiger charge is 2.15. The Morgan fingerprint density at radius 1 is 1.10 bits per heavy atom. The van der Waals surface area contributed by atoms with E-state index in [9.17, 15) is 10.1 Å². The molecular weight excluding hydrogens is 394 g/mol. The summed E-state index contributed by atoms with van der Waals surface area (Å²) in [5.74, 6) is -0.232. The minimum absolute atomic E-state index is 0.204. The van der Waals surface area contributed by atoms with Crippen molar-refractivity contribution in [1.29, 1.82) is 5.26 Å². The van der Waals surface area contributed by atoms with Crippen molar-refractivity contribution >= 4 is 34.4 Å². The summed E-state index contributed by atoms with van der Waals surface area (Å²) in [7, 11) is 0.